The number of carbonyl (C=O) groups is 1. The molecule has 0 amide bonds. The van der Waals surface area contributed by atoms with Crippen molar-refractivity contribution in [2.45, 2.75) is 13.8 Å². The molecular weight excluding hydrogens is 414 g/mol. The van der Waals surface area contributed by atoms with Gasteiger partial charge in [0.25, 0.3) is 0 Å². The van der Waals surface area contributed by atoms with Crippen LogP contribution >= 0.6 is 0 Å². The first-order chi connectivity index (χ1) is 15.2. The van der Waals surface area contributed by atoms with E-state index in [1.54, 1.807) is 26.4 Å². The molecule has 0 aliphatic rings. The van der Waals surface area contributed by atoms with Gasteiger partial charge in [-0.25, -0.2) is 4.79 Å². The summed E-state index contributed by atoms with van der Waals surface area (Å²) in [5.74, 6) is 0.679. The van der Waals surface area contributed by atoms with Gasteiger partial charge >= 0.3 is 5.97 Å². The van der Waals surface area contributed by atoms with Crippen LogP contribution in [0.5, 0.6) is 28.7 Å². The van der Waals surface area contributed by atoms with Crippen LogP contribution in [0.2, 0.25) is 0 Å². The smallest absolute Gasteiger partial charge is 0.331 e. The predicted molar refractivity (Wildman–Crippen MR) is 122 cm³/mol. The summed E-state index contributed by atoms with van der Waals surface area (Å²) in [6, 6.07) is 5.28. The number of aliphatic carboxylic acids is 1. The molecule has 8 heteroatoms. The molecule has 3 aromatic rings. The van der Waals surface area contributed by atoms with Crippen LogP contribution < -0.4 is 18.9 Å². The minimum atomic E-state index is -1.03. The van der Waals surface area contributed by atoms with Crippen LogP contribution in [-0.2, 0) is 11.8 Å². The van der Waals surface area contributed by atoms with Gasteiger partial charge in [-0.15, -0.1) is 0 Å². The molecule has 0 unspecified atom stereocenters. The zero-order valence-corrected chi connectivity index (χ0v) is 19.2. The number of rotatable bonds is 7. The molecule has 3 rings (SSSR count). The first-order valence-corrected chi connectivity index (χ1v) is 9.80. The minimum absolute atomic E-state index is 0.0144. The molecule has 0 saturated heterocycles. The molecular formula is C24H27NO7. The van der Waals surface area contributed by atoms with Crippen LogP contribution in [-0.4, -0.2) is 49.2 Å². The zero-order chi connectivity index (χ0) is 23.7. The molecule has 1 heterocycles. The second-order valence-electron chi connectivity index (χ2n) is 7.32. The molecule has 0 radical (unpaired) electrons. The van der Waals surface area contributed by atoms with Crippen LogP contribution in [0.4, 0.5) is 0 Å². The lowest BCUT2D eigenvalue weighted by Crippen LogP contribution is -1.99. The fraction of sp³-hybridized carbons (Fsp3) is 0.292. The van der Waals surface area contributed by atoms with E-state index in [9.17, 15) is 15.0 Å². The molecule has 0 atom stereocenters. The number of phenolic OH excluding ortho intramolecular Hbond substituents is 1. The normalized spacial score (nSPS) is 11.5. The number of carboxylic acids is 1. The van der Waals surface area contributed by atoms with Crippen LogP contribution in [0.15, 0.2) is 23.8 Å². The van der Waals surface area contributed by atoms with Crippen LogP contribution in [0.1, 0.15) is 18.1 Å². The fourth-order valence-corrected chi connectivity index (χ4v) is 4.04. The number of nitrogens with zero attached hydrogens (tertiary/aromatic N) is 1. The molecule has 0 aliphatic carbocycles. The highest BCUT2D eigenvalue weighted by atomic mass is 16.5. The maximum absolute atomic E-state index is 11.4. The summed E-state index contributed by atoms with van der Waals surface area (Å²) in [5.41, 5.74) is 3.80. The van der Waals surface area contributed by atoms with Gasteiger partial charge in [0.2, 0.25) is 5.75 Å². The lowest BCUT2D eigenvalue weighted by Gasteiger charge is -2.15. The molecule has 0 saturated carbocycles. The molecule has 1 aromatic heterocycles. The fourth-order valence-electron chi connectivity index (χ4n) is 4.04. The Morgan fingerprint density at radius 2 is 1.53 bits per heavy atom. The van der Waals surface area contributed by atoms with E-state index in [-0.39, 0.29) is 17.1 Å². The van der Waals surface area contributed by atoms with Gasteiger partial charge in [0.05, 0.1) is 39.6 Å². The van der Waals surface area contributed by atoms with Crippen molar-refractivity contribution in [2.24, 2.45) is 7.05 Å². The third kappa shape index (κ3) is 3.57. The molecule has 0 fully saturated rings. The number of hydrogen-bond acceptors (Lipinski definition) is 6. The third-order valence-corrected chi connectivity index (χ3v) is 5.54. The number of aryl methyl sites for hydroxylation is 2. The number of phenols is 1. The monoisotopic (exact) mass is 441 g/mol. The second kappa shape index (κ2) is 8.74. The van der Waals surface area contributed by atoms with Crippen LogP contribution in [0.25, 0.3) is 28.2 Å². The van der Waals surface area contributed by atoms with E-state index in [0.29, 0.717) is 33.7 Å². The summed E-state index contributed by atoms with van der Waals surface area (Å²) >= 11 is 0. The van der Waals surface area contributed by atoms with Crippen molar-refractivity contribution in [3.05, 3.63) is 34.9 Å². The Hall–Kier alpha value is -3.81. The van der Waals surface area contributed by atoms with Crippen molar-refractivity contribution < 1.29 is 34.0 Å². The third-order valence-electron chi connectivity index (χ3n) is 5.54. The van der Waals surface area contributed by atoms with E-state index < -0.39 is 5.97 Å². The van der Waals surface area contributed by atoms with Gasteiger partial charge in [-0.3, -0.25) is 0 Å². The average Bonchev–Trinajstić information content (AvgIpc) is 3.04. The lowest BCUT2D eigenvalue weighted by molar-refractivity contribution is -0.132. The molecule has 8 nitrogen and oxygen atoms in total. The SMILES string of the molecule is COc1cc(-c2c(C)c3c(O)c(OC)cc(/C=C(\C)C(=O)O)c3n2C)cc(OC)c1OC. The van der Waals surface area contributed by atoms with Crippen molar-refractivity contribution >= 4 is 22.9 Å². The second-order valence-corrected chi connectivity index (χ2v) is 7.32. The first kappa shape index (κ1) is 22.9. The summed E-state index contributed by atoms with van der Waals surface area (Å²) in [6.45, 7) is 3.40. The highest BCUT2D eigenvalue weighted by molar-refractivity contribution is 6.04. The van der Waals surface area contributed by atoms with Gasteiger partial charge in [0.1, 0.15) is 0 Å². The number of hydrogen-bond donors (Lipinski definition) is 2. The van der Waals surface area contributed by atoms with Gasteiger partial charge < -0.3 is 33.7 Å². The van der Waals surface area contributed by atoms with E-state index >= 15 is 0 Å². The molecule has 0 aliphatic heterocycles. The van der Waals surface area contributed by atoms with E-state index in [4.69, 9.17) is 18.9 Å². The summed E-state index contributed by atoms with van der Waals surface area (Å²) in [7, 11) is 7.94. The number of benzene rings is 2. The van der Waals surface area contributed by atoms with Crippen molar-refractivity contribution in [3.8, 4) is 40.0 Å². The summed E-state index contributed by atoms with van der Waals surface area (Å²) in [6.07, 6.45) is 1.56. The average molecular weight is 441 g/mol. The maximum atomic E-state index is 11.4. The molecule has 170 valence electrons. The predicted octanol–water partition coefficient (Wildman–Crippen LogP) is 4.38. The van der Waals surface area contributed by atoms with Gasteiger partial charge in [-0.2, -0.15) is 0 Å². The van der Waals surface area contributed by atoms with E-state index in [1.165, 1.54) is 21.1 Å². The lowest BCUT2D eigenvalue weighted by atomic mass is 10.0. The number of ether oxygens (including phenoxy) is 4. The Kier molecular flexibility index (Phi) is 6.25. The van der Waals surface area contributed by atoms with Crippen molar-refractivity contribution in [2.75, 3.05) is 28.4 Å². The number of aromatic nitrogens is 1. The first-order valence-electron chi connectivity index (χ1n) is 9.80. The Morgan fingerprint density at radius 1 is 0.969 bits per heavy atom. The van der Waals surface area contributed by atoms with Gasteiger partial charge in [0.15, 0.2) is 23.0 Å². The number of fused-ring (bicyclic) bond motifs is 1. The van der Waals surface area contributed by atoms with Crippen molar-refractivity contribution in [1.29, 1.82) is 0 Å². The Morgan fingerprint density at radius 3 is 2.00 bits per heavy atom. The summed E-state index contributed by atoms with van der Waals surface area (Å²) < 4.78 is 23.7. The summed E-state index contributed by atoms with van der Waals surface area (Å²) in [4.78, 5) is 11.4. The summed E-state index contributed by atoms with van der Waals surface area (Å²) in [5, 5.41) is 20.9. The highest BCUT2D eigenvalue weighted by Crippen LogP contribution is 2.47. The van der Waals surface area contributed by atoms with E-state index in [2.05, 4.69) is 0 Å². The number of aromatic hydroxyl groups is 1. The quantitative estimate of drug-likeness (QED) is 0.525. The number of methoxy groups -OCH3 is 4. The van der Waals surface area contributed by atoms with Crippen LogP contribution in [0.3, 0.4) is 0 Å². The van der Waals surface area contributed by atoms with Gasteiger partial charge in [-0.05, 0) is 43.7 Å². The largest absolute Gasteiger partial charge is 0.504 e. The zero-order valence-electron chi connectivity index (χ0n) is 19.2. The van der Waals surface area contributed by atoms with Crippen molar-refractivity contribution in [1.82, 2.24) is 4.57 Å². The Bertz CT molecular complexity index is 1210. The molecule has 2 aromatic carbocycles. The topological polar surface area (TPSA) is 99.4 Å². The molecule has 0 spiro atoms. The standard InChI is InChI=1S/C24H27NO7/c1-12(24(27)28)8-14-9-16(29-4)22(26)19-13(2)20(25(3)21(14)19)15-10-17(30-5)23(32-7)18(11-15)31-6/h8-11,26H,1-7H3,(H,27,28)/b12-8+. The molecule has 2 N–H and O–H groups in total. The Labute approximate surface area is 186 Å². The van der Waals surface area contributed by atoms with Gasteiger partial charge in [0, 0.05) is 29.1 Å². The van der Waals surface area contributed by atoms with Crippen molar-refractivity contribution in [3.63, 3.8) is 0 Å². The van der Waals surface area contributed by atoms with Crippen LogP contribution in [0, 0.1) is 6.92 Å². The van der Waals surface area contributed by atoms with Gasteiger partial charge in [-0.1, -0.05) is 0 Å². The Balaban J connectivity index is 2.45. The molecule has 0 bridgehead atoms. The van der Waals surface area contributed by atoms with E-state index in [0.717, 1.165) is 16.8 Å². The highest BCUT2D eigenvalue weighted by Gasteiger charge is 2.24. The molecule has 32 heavy (non-hydrogen) atoms. The number of carboxylic acid groups (broad SMARTS) is 1. The minimum Gasteiger partial charge on any atom is -0.504 e. The maximum Gasteiger partial charge on any atom is 0.331 e. The van der Waals surface area contributed by atoms with E-state index in [1.807, 2.05) is 30.7 Å².